The van der Waals surface area contributed by atoms with E-state index in [1.54, 1.807) is 0 Å². The number of carbonyl (C=O) groups is 2. The molecule has 5 heteroatoms. The molecule has 0 saturated carbocycles. The summed E-state index contributed by atoms with van der Waals surface area (Å²) < 4.78 is 2.16. The highest BCUT2D eigenvalue weighted by Gasteiger charge is 2.02. The number of carbonyl (C=O) groups excluding carboxylic acids is 2. The van der Waals surface area contributed by atoms with Gasteiger partial charge in [0.05, 0.1) is 0 Å². The SMILES string of the molecule is CCCCC(=O)SNC(N)=O. The van der Waals surface area contributed by atoms with Crippen molar-refractivity contribution in [3.8, 4) is 0 Å². The van der Waals surface area contributed by atoms with E-state index in [0.717, 1.165) is 24.8 Å². The molecule has 0 aromatic rings. The largest absolute Gasteiger partial charge is 0.351 e. The van der Waals surface area contributed by atoms with Gasteiger partial charge in [0.25, 0.3) is 0 Å². The normalized spacial score (nSPS) is 9.18. The predicted octanol–water partition coefficient (Wildman–Crippen LogP) is 1.02. The minimum absolute atomic E-state index is 0.0503. The Morgan fingerprint density at radius 3 is 2.64 bits per heavy atom. The molecule has 0 aliphatic heterocycles. The minimum Gasteiger partial charge on any atom is -0.351 e. The topological polar surface area (TPSA) is 72.2 Å². The molecule has 0 aromatic carbocycles. The van der Waals surface area contributed by atoms with Crippen LogP contribution in [-0.2, 0) is 4.79 Å². The highest BCUT2D eigenvalue weighted by atomic mass is 32.2. The summed E-state index contributed by atoms with van der Waals surface area (Å²) in [5.41, 5.74) is 4.75. The van der Waals surface area contributed by atoms with Crippen LogP contribution in [0.3, 0.4) is 0 Å². The average molecular weight is 176 g/mol. The predicted molar refractivity (Wildman–Crippen MR) is 44.8 cm³/mol. The summed E-state index contributed by atoms with van der Waals surface area (Å²) in [6.45, 7) is 2.00. The summed E-state index contributed by atoms with van der Waals surface area (Å²) in [7, 11) is 0. The number of hydrogen-bond donors (Lipinski definition) is 2. The van der Waals surface area contributed by atoms with Crippen LogP contribution in [-0.4, -0.2) is 11.1 Å². The summed E-state index contributed by atoms with van der Waals surface area (Å²) in [5.74, 6) is 0. The molecule has 3 N–H and O–H groups in total. The lowest BCUT2D eigenvalue weighted by molar-refractivity contribution is -0.111. The molecule has 0 aromatic heterocycles. The zero-order valence-corrected chi connectivity index (χ0v) is 7.24. The van der Waals surface area contributed by atoms with Gasteiger partial charge in [0.2, 0.25) is 5.12 Å². The third-order valence-electron chi connectivity index (χ3n) is 1.000. The molecule has 2 amide bonds. The summed E-state index contributed by atoms with van der Waals surface area (Å²) in [6, 6.07) is -0.681. The number of amides is 2. The lowest BCUT2D eigenvalue weighted by atomic mass is 10.3. The second kappa shape index (κ2) is 6.03. The average Bonchev–Trinajstić information content (AvgIpc) is 1.97. The van der Waals surface area contributed by atoms with Gasteiger partial charge in [-0.3, -0.25) is 9.52 Å². The first-order chi connectivity index (χ1) is 5.16. The first-order valence-corrected chi connectivity index (χ1v) is 4.23. The van der Waals surface area contributed by atoms with Crippen molar-refractivity contribution >= 4 is 23.1 Å². The Morgan fingerprint density at radius 1 is 1.55 bits per heavy atom. The molecule has 0 fully saturated rings. The molecule has 64 valence electrons. The van der Waals surface area contributed by atoms with Gasteiger partial charge in [-0.05, 0) is 6.42 Å². The zero-order chi connectivity index (χ0) is 8.69. The lowest BCUT2D eigenvalue weighted by Gasteiger charge is -1.97. The Kier molecular flexibility index (Phi) is 5.64. The molecule has 0 radical (unpaired) electrons. The van der Waals surface area contributed by atoms with Crippen LogP contribution in [0, 0.1) is 0 Å². The second-order valence-electron chi connectivity index (χ2n) is 2.04. The number of urea groups is 1. The van der Waals surface area contributed by atoms with Gasteiger partial charge in [0.1, 0.15) is 0 Å². The fraction of sp³-hybridized carbons (Fsp3) is 0.667. The molecule has 0 saturated heterocycles. The Labute approximate surface area is 70.0 Å². The van der Waals surface area contributed by atoms with Gasteiger partial charge >= 0.3 is 6.03 Å². The van der Waals surface area contributed by atoms with Crippen molar-refractivity contribution in [2.24, 2.45) is 5.73 Å². The van der Waals surface area contributed by atoms with Crippen LogP contribution in [0.1, 0.15) is 26.2 Å². The highest BCUT2D eigenvalue weighted by molar-refractivity contribution is 8.12. The zero-order valence-electron chi connectivity index (χ0n) is 6.42. The summed E-state index contributed by atoms with van der Waals surface area (Å²) >= 11 is 0.761. The second-order valence-corrected chi connectivity index (χ2v) is 2.91. The number of hydrogen-bond acceptors (Lipinski definition) is 3. The molecular weight excluding hydrogens is 164 g/mol. The molecule has 0 rings (SSSR count). The first kappa shape index (κ1) is 10.3. The van der Waals surface area contributed by atoms with Gasteiger partial charge in [0, 0.05) is 18.4 Å². The Hall–Kier alpha value is -0.710. The maximum atomic E-state index is 10.8. The molecule has 0 unspecified atom stereocenters. The number of nitrogens with one attached hydrogen (secondary N) is 1. The van der Waals surface area contributed by atoms with Crippen LogP contribution in [0.15, 0.2) is 0 Å². The molecule has 0 bridgehead atoms. The number of primary amides is 1. The third kappa shape index (κ3) is 7.18. The third-order valence-corrected chi connectivity index (χ3v) is 1.73. The molecular formula is C6H12N2O2S. The van der Waals surface area contributed by atoms with Gasteiger partial charge in [-0.2, -0.15) is 0 Å². The monoisotopic (exact) mass is 176 g/mol. The van der Waals surface area contributed by atoms with E-state index in [1.807, 2.05) is 6.92 Å². The Balaban J connectivity index is 3.30. The van der Waals surface area contributed by atoms with Gasteiger partial charge in [0.15, 0.2) is 0 Å². The van der Waals surface area contributed by atoms with Gasteiger partial charge in [-0.1, -0.05) is 13.3 Å². The van der Waals surface area contributed by atoms with E-state index >= 15 is 0 Å². The van der Waals surface area contributed by atoms with E-state index < -0.39 is 6.03 Å². The van der Waals surface area contributed by atoms with Crippen LogP contribution >= 0.6 is 11.9 Å². The smallest absolute Gasteiger partial charge is 0.322 e. The lowest BCUT2D eigenvalue weighted by Crippen LogP contribution is -2.24. The van der Waals surface area contributed by atoms with E-state index in [0.29, 0.717) is 6.42 Å². The van der Waals surface area contributed by atoms with Crippen molar-refractivity contribution in [2.45, 2.75) is 26.2 Å². The molecule has 4 nitrogen and oxygen atoms in total. The molecule has 0 aliphatic rings. The van der Waals surface area contributed by atoms with Crippen LogP contribution in [0.5, 0.6) is 0 Å². The standard InChI is InChI=1S/C6H12N2O2S/c1-2-3-4-5(9)11-8-6(7)10/h2-4H2,1H3,(H3,7,8,10). The van der Waals surface area contributed by atoms with Crippen molar-refractivity contribution in [2.75, 3.05) is 0 Å². The number of nitrogens with two attached hydrogens (primary N) is 1. The molecule has 0 heterocycles. The van der Waals surface area contributed by atoms with Gasteiger partial charge < -0.3 is 5.73 Å². The Bertz CT molecular complexity index is 150. The summed E-state index contributed by atoms with van der Waals surface area (Å²) in [5, 5.41) is -0.0503. The maximum Gasteiger partial charge on any atom is 0.322 e. The van der Waals surface area contributed by atoms with E-state index in [1.165, 1.54) is 0 Å². The molecule has 0 spiro atoms. The molecule has 0 aliphatic carbocycles. The molecule has 11 heavy (non-hydrogen) atoms. The van der Waals surface area contributed by atoms with Crippen molar-refractivity contribution < 1.29 is 9.59 Å². The van der Waals surface area contributed by atoms with Crippen LogP contribution < -0.4 is 10.5 Å². The van der Waals surface area contributed by atoms with E-state index in [9.17, 15) is 9.59 Å². The fourth-order valence-corrected chi connectivity index (χ4v) is 0.940. The number of unbranched alkanes of at least 4 members (excludes halogenated alkanes) is 1. The van der Waals surface area contributed by atoms with Gasteiger partial charge in [-0.25, -0.2) is 4.79 Å². The highest BCUT2D eigenvalue weighted by Crippen LogP contribution is 2.04. The number of rotatable bonds is 3. The quantitative estimate of drug-likeness (QED) is 0.630. The first-order valence-electron chi connectivity index (χ1n) is 3.42. The fourth-order valence-electron chi connectivity index (χ4n) is 0.479. The van der Waals surface area contributed by atoms with Gasteiger partial charge in [-0.15, -0.1) is 0 Å². The van der Waals surface area contributed by atoms with Crippen LogP contribution in [0.25, 0.3) is 0 Å². The van der Waals surface area contributed by atoms with Crippen LogP contribution in [0.4, 0.5) is 4.79 Å². The molecule has 0 atom stereocenters. The van der Waals surface area contributed by atoms with Crippen molar-refractivity contribution in [3.05, 3.63) is 0 Å². The Morgan fingerprint density at radius 2 is 2.18 bits per heavy atom. The van der Waals surface area contributed by atoms with Crippen LogP contribution in [0.2, 0.25) is 0 Å². The maximum absolute atomic E-state index is 10.8. The van der Waals surface area contributed by atoms with E-state index in [-0.39, 0.29) is 5.12 Å². The summed E-state index contributed by atoms with van der Waals surface area (Å²) in [4.78, 5) is 20.9. The van der Waals surface area contributed by atoms with E-state index in [4.69, 9.17) is 5.73 Å². The van der Waals surface area contributed by atoms with Crippen molar-refractivity contribution in [1.29, 1.82) is 0 Å². The minimum atomic E-state index is -0.681. The van der Waals surface area contributed by atoms with Crippen molar-refractivity contribution in [3.63, 3.8) is 0 Å². The summed E-state index contributed by atoms with van der Waals surface area (Å²) in [6.07, 6.45) is 2.32. The van der Waals surface area contributed by atoms with Crippen molar-refractivity contribution in [1.82, 2.24) is 4.72 Å². The van der Waals surface area contributed by atoms with E-state index in [2.05, 4.69) is 4.72 Å².